The molecule has 0 aliphatic heterocycles. The van der Waals surface area contributed by atoms with E-state index >= 15 is 0 Å². The van der Waals surface area contributed by atoms with Crippen molar-refractivity contribution < 1.29 is 8.42 Å². The van der Waals surface area contributed by atoms with Gasteiger partial charge in [0, 0.05) is 16.1 Å². The first-order valence-corrected chi connectivity index (χ1v) is 5.53. The molecule has 1 aromatic carbocycles. The summed E-state index contributed by atoms with van der Waals surface area (Å²) in [6, 6.07) is 6.60. The molecule has 0 aromatic heterocycles. The Morgan fingerprint density at radius 1 is 1.23 bits per heavy atom. The molecule has 0 amide bonds. The van der Waals surface area contributed by atoms with Crippen LogP contribution in [0, 0.1) is 6.92 Å². The number of nitrogens with one attached hydrogen (secondary N) is 1. The molecule has 1 rings (SSSR count). The van der Waals surface area contributed by atoms with Crippen molar-refractivity contribution in [3.8, 4) is 0 Å². The van der Waals surface area contributed by atoms with Gasteiger partial charge >= 0.3 is 51.4 Å². The first-order chi connectivity index (χ1) is 5.56. The molecule has 0 aliphatic rings. The number of aryl methyl sites for hydroxylation is 1. The Morgan fingerprint density at radius 2 is 1.69 bits per heavy atom. The predicted octanol–water partition coefficient (Wildman–Crippen LogP) is 0.935. The molecule has 0 saturated carbocycles. The number of sulfonamides is 1. The summed E-state index contributed by atoms with van der Waals surface area (Å²) in [5, 5.41) is 0. The quantitative estimate of drug-likeness (QED) is 0.651. The molecule has 0 radical (unpaired) electrons. The van der Waals surface area contributed by atoms with E-state index in [4.69, 9.17) is 0 Å². The summed E-state index contributed by atoms with van der Waals surface area (Å²) in [6.07, 6.45) is 0. The van der Waals surface area contributed by atoms with Crippen LogP contribution in [0.25, 0.3) is 0 Å². The average molecular weight is 290 g/mol. The van der Waals surface area contributed by atoms with Crippen LogP contribution in [-0.2, 0) is 10.0 Å². The van der Waals surface area contributed by atoms with Crippen molar-refractivity contribution in [3.63, 3.8) is 0 Å². The molecule has 0 bridgehead atoms. The summed E-state index contributed by atoms with van der Waals surface area (Å²) in [4.78, 5) is 0.255. The summed E-state index contributed by atoms with van der Waals surface area (Å²) >= 11 is 2.69. The second-order valence-electron chi connectivity index (χ2n) is 2.39. The van der Waals surface area contributed by atoms with E-state index in [0.29, 0.717) is 0 Å². The van der Waals surface area contributed by atoms with Gasteiger partial charge in [0.2, 0.25) is 10.0 Å². The number of halogens is 1. The third-order valence-corrected chi connectivity index (χ3v) is 3.81. The third-order valence-electron chi connectivity index (χ3n) is 1.43. The van der Waals surface area contributed by atoms with Crippen molar-refractivity contribution in [2.75, 3.05) is 0 Å². The number of rotatable bonds is 2. The van der Waals surface area contributed by atoms with Gasteiger partial charge in [-0.3, -0.25) is 0 Å². The molecular weight excluding hydrogens is 281 g/mol. The molecule has 6 heteroatoms. The van der Waals surface area contributed by atoms with Crippen LogP contribution in [0.5, 0.6) is 0 Å². The molecule has 0 spiro atoms. The van der Waals surface area contributed by atoms with Gasteiger partial charge in [-0.1, -0.05) is 17.7 Å². The molecule has 0 saturated heterocycles. The van der Waals surface area contributed by atoms with Crippen molar-refractivity contribution in [2.45, 2.75) is 11.8 Å². The zero-order valence-electron chi connectivity index (χ0n) is 6.41. The predicted molar refractivity (Wildman–Crippen MR) is 57.6 cm³/mol. The molecule has 0 aliphatic carbocycles. The zero-order chi connectivity index (χ0) is 9.19. The Labute approximate surface area is 129 Å². The summed E-state index contributed by atoms with van der Waals surface area (Å²) in [7, 11) is -3.35. The molecule has 0 atom stereocenters. The van der Waals surface area contributed by atoms with Gasteiger partial charge in [-0.15, -0.1) is 3.75 Å². The first kappa shape index (κ1) is 14.2. The van der Waals surface area contributed by atoms with E-state index in [0.717, 1.165) is 5.56 Å². The Kier molecular flexibility index (Phi) is 6.54. The van der Waals surface area contributed by atoms with Gasteiger partial charge in [0.15, 0.2) is 0 Å². The Balaban J connectivity index is 0.00000144. The molecule has 0 unspecified atom stereocenters. The van der Waals surface area contributed by atoms with Gasteiger partial charge in [0.05, 0.1) is 4.90 Å². The van der Waals surface area contributed by atoms with E-state index in [1.165, 1.54) is 0 Å². The molecule has 1 N–H and O–H groups in total. The molecular formula is C7H9BrKNO2S. The van der Waals surface area contributed by atoms with E-state index in [9.17, 15) is 8.42 Å². The monoisotopic (exact) mass is 289 g/mol. The topological polar surface area (TPSA) is 46.2 Å². The van der Waals surface area contributed by atoms with Crippen molar-refractivity contribution >= 4 is 77.6 Å². The fourth-order valence-corrected chi connectivity index (χ4v) is 1.91. The van der Waals surface area contributed by atoms with E-state index in [2.05, 4.69) is 19.9 Å². The van der Waals surface area contributed by atoms with Gasteiger partial charge in [-0.05, 0) is 19.1 Å². The Morgan fingerprint density at radius 3 is 2.08 bits per heavy atom. The summed E-state index contributed by atoms with van der Waals surface area (Å²) in [5.74, 6) is 0. The average Bonchev–Trinajstić information content (AvgIpc) is 2.05. The van der Waals surface area contributed by atoms with Crippen LogP contribution in [0.15, 0.2) is 29.2 Å². The van der Waals surface area contributed by atoms with Gasteiger partial charge < -0.3 is 0 Å². The van der Waals surface area contributed by atoms with Crippen LogP contribution in [0.2, 0.25) is 0 Å². The second kappa shape index (κ2) is 5.97. The maximum absolute atomic E-state index is 11.2. The molecule has 0 heterocycles. The fourth-order valence-electron chi connectivity index (χ4n) is 0.762. The fraction of sp³-hybridized carbons (Fsp3) is 0.143. The third kappa shape index (κ3) is 4.09. The summed E-state index contributed by atoms with van der Waals surface area (Å²) in [5.41, 5.74) is 1.03. The molecule has 3 nitrogen and oxygen atoms in total. The van der Waals surface area contributed by atoms with E-state index in [1.54, 1.807) is 24.3 Å². The number of hydrogen-bond donors (Lipinski definition) is 1. The van der Waals surface area contributed by atoms with E-state index in [1.807, 2.05) is 6.92 Å². The Hall–Kier alpha value is 1.25. The molecule has 13 heavy (non-hydrogen) atoms. The minimum absolute atomic E-state index is 0. The SMILES string of the molecule is Cc1ccc(S(=O)(=O)NBr)cc1.[KH]. The van der Waals surface area contributed by atoms with Crippen molar-refractivity contribution in [2.24, 2.45) is 0 Å². The zero-order valence-corrected chi connectivity index (χ0v) is 8.81. The minimum atomic E-state index is -3.35. The maximum atomic E-state index is 11.2. The second-order valence-corrected chi connectivity index (χ2v) is 5.00. The molecule has 0 fully saturated rings. The first-order valence-electron chi connectivity index (χ1n) is 3.25. The van der Waals surface area contributed by atoms with Gasteiger partial charge in [-0.25, -0.2) is 8.42 Å². The standard InChI is InChI=1S/C7H8BrNO2S.K.H/c1-6-2-4-7(5-3-6)12(10,11)9-8;;/h2-5,9H,1H3;;. The van der Waals surface area contributed by atoms with Crippen molar-refractivity contribution in [1.29, 1.82) is 0 Å². The van der Waals surface area contributed by atoms with Crippen molar-refractivity contribution in [1.82, 2.24) is 3.75 Å². The summed E-state index contributed by atoms with van der Waals surface area (Å²) < 4.78 is 24.4. The van der Waals surface area contributed by atoms with Crippen molar-refractivity contribution in [3.05, 3.63) is 29.8 Å². The van der Waals surface area contributed by atoms with E-state index < -0.39 is 10.0 Å². The van der Waals surface area contributed by atoms with Gasteiger partial charge in [0.25, 0.3) is 0 Å². The van der Waals surface area contributed by atoms with Crippen LogP contribution >= 0.6 is 16.1 Å². The van der Waals surface area contributed by atoms with Crippen LogP contribution in [-0.4, -0.2) is 59.8 Å². The van der Waals surface area contributed by atoms with Crippen LogP contribution < -0.4 is 3.75 Å². The van der Waals surface area contributed by atoms with E-state index in [-0.39, 0.29) is 56.3 Å². The number of hydrogen-bond acceptors (Lipinski definition) is 2. The number of benzene rings is 1. The summed E-state index contributed by atoms with van der Waals surface area (Å²) in [6.45, 7) is 1.90. The van der Waals surface area contributed by atoms with Crippen LogP contribution in [0.1, 0.15) is 5.56 Å². The molecule has 68 valence electrons. The van der Waals surface area contributed by atoms with Crippen LogP contribution in [0.4, 0.5) is 0 Å². The van der Waals surface area contributed by atoms with Gasteiger partial charge in [-0.2, -0.15) is 0 Å². The van der Waals surface area contributed by atoms with Gasteiger partial charge in [0.1, 0.15) is 0 Å². The Bertz CT molecular complexity index is 363. The molecule has 1 aromatic rings. The normalized spacial score (nSPS) is 10.6. The van der Waals surface area contributed by atoms with Crippen LogP contribution in [0.3, 0.4) is 0 Å².